The number of amides is 1. The van der Waals surface area contributed by atoms with E-state index in [9.17, 15) is 4.79 Å². The molecule has 0 heterocycles. The summed E-state index contributed by atoms with van der Waals surface area (Å²) in [6.07, 6.45) is 0. The van der Waals surface area contributed by atoms with Gasteiger partial charge in [-0.25, -0.2) is 0 Å². The fourth-order valence-electron chi connectivity index (χ4n) is 1.78. The van der Waals surface area contributed by atoms with Crippen molar-refractivity contribution in [3.8, 4) is 0 Å². The summed E-state index contributed by atoms with van der Waals surface area (Å²) in [6, 6.07) is 15.3. The van der Waals surface area contributed by atoms with E-state index in [1.165, 1.54) is 0 Å². The monoisotopic (exact) mass is 429 g/mol. The highest BCUT2D eigenvalue weighted by molar-refractivity contribution is 14.1. The molecule has 1 amide bonds. The van der Waals surface area contributed by atoms with Crippen molar-refractivity contribution in [3.05, 3.63) is 63.2 Å². The minimum Gasteiger partial charge on any atom is -0.322 e. The van der Waals surface area contributed by atoms with Crippen LogP contribution in [0.4, 0.5) is 5.69 Å². The molecule has 0 fully saturated rings. The number of alkyl halides is 1. The van der Waals surface area contributed by atoms with Crippen LogP contribution in [0.15, 0.2) is 48.5 Å². The summed E-state index contributed by atoms with van der Waals surface area (Å²) < 4.78 is 1.05. The Morgan fingerprint density at radius 1 is 1.21 bits per heavy atom. The maximum absolute atomic E-state index is 12.2. The van der Waals surface area contributed by atoms with Gasteiger partial charge in [-0.2, -0.15) is 0 Å². The van der Waals surface area contributed by atoms with Crippen LogP contribution in [-0.2, 0) is 0 Å². The van der Waals surface area contributed by atoms with Gasteiger partial charge >= 0.3 is 0 Å². The zero-order valence-electron chi connectivity index (χ0n) is 10.4. The van der Waals surface area contributed by atoms with Gasteiger partial charge in [0.1, 0.15) is 0 Å². The third-order valence-corrected chi connectivity index (χ3v) is 3.89. The largest absolute Gasteiger partial charge is 0.322 e. The molecular weight excluding hydrogens is 417 g/mol. The molecule has 1 unspecified atom stereocenters. The molecule has 0 saturated heterocycles. The van der Waals surface area contributed by atoms with Crippen molar-refractivity contribution in [3.63, 3.8) is 0 Å². The molecule has 0 saturated carbocycles. The van der Waals surface area contributed by atoms with Gasteiger partial charge in [-0.1, -0.05) is 40.2 Å². The summed E-state index contributed by atoms with van der Waals surface area (Å²) in [5.41, 5.74) is 2.58. The number of nitrogens with one attached hydrogen (secondary N) is 1. The maximum atomic E-state index is 12.2. The van der Waals surface area contributed by atoms with E-state index in [0.717, 1.165) is 14.8 Å². The molecule has 0 bridgehead atoms. The Balaban J connectivity index is 2.24. The lowest BCUT2D eigenvalue weighted by Gasteiger charge is -2.12. The van der Waals surface area contributed by atoms with E-state index in [4.69, 9.17) is 0 Å². The van der Waals surface area contributed by atoms with Crippen molar-refractivity contribution in [1.82, 2.24) is 0 Å². The fraction of sp³-hybridized carbons (Fsp3) is 0.133. The molecule has 0 radical (unpaired) electrons. The predicted molar refractivity (Wildman–Crippen MR) is 90.9 cm³/mol. The van der Waals surface area contributed by atoms with Crippen LogP contribution in [0.3, 0.4) is 0 Å². The zero-order chi connectivity index (χ0) is 13.8. The fourth-order valence-corrected chi connectivity index (χ4v) is 2.72. The van der Waals surface area contributed by atoms with Gasteiger partial charge in [-0.15, -0.1) is 0 Å². The Kier molecular flexibility index (Phi) is 4.99. The Hall–Kier alpha value is -0.880. The van der Waals surface area contributed by atoms with Crippen LogP contribution in [0.1, 0.15) is 27.7 Å². The molecule has 4 heteroatoms. The van der Waals surface area contributed by atoms with Crippen LogP contribution >= 0.6 is 38.5 Å². The van der Waals surface area contributed by atoms with E-state index in [1.807, 2.05) is 55.5 Å². The maximum Gasteiger partial charge on any atom is 0.255 e. The lowest BCUT2D eigenvalue weighted by molar-refractivity contribution is 0.102. The molecule has 2 aromatic carbocycles. The number of para-hydroxylation sites is 1. The van der Waals surface area contributed by atoms with Gasteiger partial charge in [0.2, 0.25) is 0 Å². The molecule has 0 aliphatic carbocycles. The predicted octanol–water partition coefficient (Wildman–Crippen LogP) is 5.00. The number of rotatable bonds is 3. The van der Waals surface area contributed by atoms with Gasteiger partial charge in [0.15, 0.2) is 0 Å². The van der Waals surface area contributed by atoms with Gasteiger partial charge in [-0.3, -0.25) is 4.79 Å². The zero-order valence-corrected chi connectivity index (χ0v) is 14.1. The van der Waals surface area contributed by atoms with Crippen LogP contribution in [0, 0.1) is 3.57 Å². The van der Waals surface area contributed by atoms with Crippen molar-refractivity contribution >= 4 is 50.1 Å². The summed E-state index contributed by atoms with van der Waals surface area (Å²) in [4.78, 5) is 12.4. The number of carbonyl (C=O) groups excluding carboxylic acids is 1. The quantitative estimate of drug-likeness (QED) is 0.539. The molecule has 0 spiro atoms. The van der Waals surface area contributed by atoms with Gasteiger partial charge < -0.3 is 5.32 Å². The van der Waals surface area contributed by atoms with Crippen LogP contribution in [0.25, 0.3) is 0 Å². The standard InChI is InChI=1S/C15H13BrINO/c1-10(16)13-7-2-3-8-14(13)18-15(19)11-5-4-6-12(17)9-11/h2-10H,1H3,(H,18,19). The topological polar surface area (TPSA) is 29.1 Å². The molecule has 2 rings (SSSR count). The smallest absolute Gasteiger partial charge is 0.255 e. The Labute approximate surface area is 134 Å². The number of halogens is 2. The van der Waals surface area contributed by atoms with E-state index in [2.05, 4.69) is 43.8 Å². The molecular formula is C15H13BrINO. The average Bonchev–Trinajstić information content (AvgIpc) is 2.39. The van der Waals surface area contributed by atoms with E-state index in [0.29, 0.717) is 5.56 Å². The van der Waals surface area contributed by atoms with E-state index < -0.39 is 0 Å². The first-order chi connectivity index (χ1) is 9.08. The first kappa shape index (κ1) is 14.5. The highest BCUT2D eigenvalue weighted by Gasteiger charge is 2.11. The van der Waals surface area contributed by atoms with E-state index in [1.54, 1.807) is 0 Å². The van der Waals surface area contributed by atoms with Gasteiger partial charge in [0.05, 0.1) is 0 Å². The van der Waals surface area contributed by atoms with Crippen molar-refractivity contribution < 1.29 is 4.79 Å². The van der Waals surface area contributed by atoms with E-state index in [-0.39, 0.29) is 10.7 Å². The lowest BCUT2D eigenvalue weighted by atomic mass is 10.1. The summed E-state index contributed by atoms with van der Waals surface area (Å²) in [6.45, 7) is 2.04. The SMILES string of the molecule is CC(Br)c1ccccc1NC(=O)c1cccc(I)c1. The molecule has 1 atom stereocenters. The van der Waals surface area contributed by atoms with Gasteiger partial charge in [-0.05, 0) is 59.3 Å². The summed E-state index contributed by atoms with van der Waals surface area (Å²) >= 11 is 5.74. The minimum absolute atomic E-state index is 0.0842. The van der Waals surface area contributed by atoms with Crippen molar-refractivity contribution in [2.45, 2.75) is 11.8 Å². The minimum atomic E-state index is -0.0842. The third-order valence-electron chi connectivity index (χ3n) is 2.72. The highest BCUT2D eigenvalue weighted by atomic mass is 127. The highest BCUT2D eigenvalue weighted by Crippen LogP contribution is 2.28. The van der Waals surface area contributed by atoms with Crippen LogP contribution in [0.5, 0.6) is 0 Å². The first-order valence-corrected chi connectivity index (χ1v) is 7.87. The molecule has 1 N–H and O–H groups in total. The van der Waals surface area contributed by atoms with Crippen LogP contribution < -0.4 is 5.32 Å². The second kappa shape index (κ2) is 6.52. The number of anilines is 1. The van der Waals surface area contributed by atoms with Crippen molar-refractivity contribution in [2.24, 2.45) is 0 Å². The first-order valence-electron chi connectivity index (χ1n) is 5.88. The number of hydrogen-bond donors (Lipinski definition) is 1. The molecule has 2 aromatic rings. The van der Waals surface area contributed by atoms with Gasteiger partial charge in [0, 0.05) is 19.6 Å². The molecule has 98 valence electrons. The molecule has 0 aliphatic heterocycles. The molecule has 2 nitrogen and oxygen atoms in total. The normalized spacial score (nSPS) is 11.9. The number of hydrogen-bond acceptors (Lipinski definition) is 1. The number of benzene rings is 2. The van der Waals surface area contributed by atoms with Gasteiger partial charge in [0.25, 0.3) is 5.91 Å². The summed E-state index contributed by atoms with van der Waals surface area (Å²) in [5, 5.41) is 2.96. The Morgan fingerprint density at radius 2 is 1.95 bits per heavy atom. The Bertz CT molecular complexity index is 598. The third kappa shape index (κ3) is 3.79. The lowest BCUT2D eigenvalue weighted by Crippen LogP contribution is -2.13. The van der Waals surface area contributed by atoms with E-state index >= 15 is 0 Å². The number of carbonyl (C=O) groups is 1. The molecule has 0 aliphatic rings. The summed E-state index contributed by atoms with van der Waals surface area (Å²) in [7, 11) is 0. The molecule has 19 heavy (non-hydrogen) atoms. The van der Waals surface area contributed by atoms with Crippen LogP contribution in [-0.4, -0.2) is 5.91 Å². The molecule has 0 aromatic heterocycles. The van der Waals surface area contributed by atoms with Crippen molar-refractivity contribution in [1.29, 1.82) is 0 Å². The second-order valence-electron chi connectivity index (χ2n) is 4.17. The average molecular weight is 430 g/mol. The van der Waals surface area contributed by atoms with Crippen molar-refractivity contribution in [2.75, 3.05) is 5.32 Å². The second-order valence-corrected chi connectivity index (χ2v) is 6.79. The Morgan fingerprint density at radius 3 is 2.63 bits per heavy atom. The van der Waals surface area contributed by atoms with Crippen LogP contribution in [0.2, 0.25) is 0 Å². The summed E-state index contributed by atoms with van der Waals surface area (Å²) in [5.74, 6) is -0.0842.